The second-order valence-corrected chi connectivity index (χ2v) is 6.04. The number of amides is 2. The Morgan fingerprint density at radius 1 is 1.23 bits per heavy atom. The molecule has 1 aromatic rings. The molecule has 10 heteroatoms. The Kier molecular flexibility index (Phi) is 6.46. The summed E-state index contributed by atoms with van der Waals surface area (Å²) < 4.78 is 38.0. The first-order valence-corrected chi connectivity index (χ1v) is 8.08. The summed E-state index contributed by atoms with van der Waals surface area (Å²) in [5, 5.41) is 8.71. The lowest BCUT2D eigenvalue weighted by molar-refractivity contribution is -0.137. The number of halogens is 3. The van der Waals surface area contributed by atoms with E-state index in [1.165, 1.54) is 6.07 Å². The highest BCUT2D eigenvalue weighted by Gasteiger charge is 2.31. The van der Waals surface area contributed by atoms with Crippen LogP contribution >= 0.6 is 0 Å². The topological polar surface area (TPSA) is 107 Å². The third-order valence-corrected chi connectivity index (χ3v) is 4.14. The van der Waals surface area contributed by atoms with Gasteiger partial charge in [-0.25, -0.2) is 0 Å². The van der Waals surface area contributed by atoms with Gasteiger partial charge in [-0.3, -0.25) is 9.59 Å². The molecule has 7 nitrogen and oxygen atoms in total. The number of carbonyl (C=O) groups excluding carboxylic acids is 2. The second kappa shape index (κ2) is 8.57. The molecule has 1 aliphatic carbocycles. The van der Waals surface area contributed by atoms with E-state index in [4.69, 9.17) is 5.53 Å². The molecule has 140 valence electrons. The van der Waals surface area contributed by atoms with Crippen LogP contribution in [0.3, 0.4) is 0 Å². The Balaban J connectivity index is 1.80. The van der Waals surface area contributed by atoms with Crippen LogP contribution in [0.25, 0.3) is 10.4 Å². The van der Waals surface area contributed by atoms with Crippen molar-refractivity contribution in [3.8, 4) is 0 Å². The summed E-state index contributed by atoms with van der Waals surface area (Å²) in [6.07, 6.45) is -1.87. The first kappa shape index (κ1) is 19.6. The van der Waals surface area contributed by atoms with E-state index in [1.807, 2.05) is 0 Å². The van der Waals surface area contributed by atoms with E-state index in [0.29, 0.717) is 25.7 Å². The summed E-state index contributed by atoms with van der Waals surface area (Å²) in [7, 11) is 0. The van der Waals surface area contributed by atoms with Crippen LogP contribution < -0.4 is 10.6 Å². The van der Waals surface area contributed by atoms with Gasteiger partial charge in [0.05, 0.1) is 12.1 Å². The van der Waals surface area contributed by atoms with Crippen molar-refractivity contribution >= 4 is 11.8 Å². The first-order valence-electron chi connectivity index (χ1n) is 8.08. The molecule has 1 aromatic carbocycles. The van der Waals surface area contributed by atoms with Crippen molar-refractivity contribution in [2.75, 3.05) is 6.54 Å². The van der Waals surface area contributed by atoms with Crippen LogP contribution in [0.5, 0.6) is 0 Å². The van der Waals surface area contributed by atoms with Crippen molar-refractivity contribution in [1.82, 2.24) is 10.6 Å². The predicted octanol–water partition coefficient (Wildman–Crippen LogP) is 3.17. The summed E-state index contributed by atoms with van der Waals surface area (Å²) in [6.45, 7) is -0.328. The molecule has 0 bridgehead atoms. The maximum atomic E-state index is 12.7. The van der Waals surface area contributed by atoms with Gasteiger partial charge in [0.25, 0.3) is 5.91 Å². The van der Waals surface area contributed by atoms with Crippen LogP contribution in [0.15, 0.2) is 29.4 Å². The van der Waals surface area contributed by atoms with Gasteiger partial charge in [-0.1, -0.05) is 11.2 Å². The fraction of sp³-hybridized carbons (Fsp3) is 0.500. The van der Waals surface area contributed by atoms with Gasteiger partial charge in [-0.15, -0.1) is 0 Å². The van der Waals surface area contributed by atoms with Gasteiger partial charge in [0.15, 0.2) is 0 Å². The number of azide groups is 1. The van der Waals surface area contributed by atoms with Gasteiger partial charge in [0.2, 0.25) is 5.91 Å². The Labute approximate surface area is 147 Å². The van der Waals surface area contributed by atoms with Crippen molar-refractivity contribution in [1.29, 1.82) is 0 Å². The third-order valence-electron chi connectivity index (χ3n) is 4.14. The number of rotatable bonds is 5. The van der Waals surface area contributed by atoms with Crippen molar-refractivity contribution in [3.63, 3.8) is 0 Å². The zero-order chi connectivity index (χ0) is 19.2. The number of nitrogens with one attached hydrogen (secondary N) is 2. The minimum atomic E-state index is -4.54. The number of hydrogen-bond donors (Lipinski definition) is 2. The van der Waals surface area contributed by atoms with Crippen LogP contribution in [-0.4, -0.2) is 30.4 Å². The van der Waals surface area contributed by atoms with E-state index in [0.717, 1.165) is 18.2 Å². The number of hydrogen-bond acceptors (Lipinski definition) is 3. The first-order chi connectivity index (χ1) is 12.3. The molecule has 0 heterocycles. The third kappa shape index (κ3) is 5.66. The van der Waals surface area contributed by atoms with Crippen LogP contribution in [-0.2, 0) is 11.0 Å². The van der Waals surface area contributed by atoms with Crippen LogP contribution in [0.4, 0.5) is 13.2 Å². The molecule has 2 rings (SSSR count). The molecule has 0 atom stereocenters. The van der Waals surface area contributed by atoms with E-state index < -0.39 is 23.6 Å². The van der Waals surface area contributed by atoms with Gasteiger partial charge in [0, 0.05) is 22.6 Å². The van der Waals surface area contributed by atoms with Gasteiger partial charge in [-0.2, -0.15) is 13.2 Å². The van der Waals surface area contributed by atoms with Crippen LogP contribution in [0.2, 0.25) is 0 Å². The highest BCUT2D eigenvalue weighted by atomic mass is 19.4. The smallest absolute Gasteiger partial charge is 0.352 e. The lowest BCUT2D eigenvalue weighted by atomic mass is 9.92. The fourth-order valence-corrected chi connectivity index (χ4v) is 2.79. The molecule has 2 N–H and O–H groups in total. The van der Waals surface area contributed by atoms with Gasteiger partial charge in [0.1, 0.15) is 0 Å². The lowest BCUT2D eigenvalue weighted by Gasteiger charge is -2.26. The second-order valence-electron chi connectivity index (χ2n) is 6.04. The largest absolute Gasteiger partial charge is 0.416 e. The minimum absolute atomic E-state index is 0.0613. The number of alkyl halides is 3. The summed E-state index contributed by atoms with van der Waals surface area (Å²) in [6, 6.07) is 3.87. The van der Waals surface area contributed by atoms with Crippen molar-refractivity contribution in [3.05, 3.63) is 45.8 Å². The normalized spacial score (nSPS) is 20.0. The number of carbonyl (C=O) groups is 2. The number of benzene rings is 1. The average Bonchev–Trinajstić information content (AvgIpc) is 2.61. The summed E-state index contributed by atoms with van der Waals surface area (Å²) >= 11 is 0. The van der Waals surface area contributed by atoms with E-state index in [9.17, 15) is 22.8 Å². The van der Waals surface area contributed by atoms with Gasteiger partial charge >= 0.3 is 6.18 Å². The molecule has 0 spiro atoms. The minimum Gasteiger partial charge on any atom is -0.352 e. The average molecular weight is 369 g/mol. The quantitative estimate of drug-likeness (QED) is 0.472. The summed E-state index contributed by atoms with van der Waals surface area (Å²) in [4.78, 5) is 26.6. The predicted molar refractivity (Wildman–Crippen MR) is 87.1 cm³/mol. The molecular formula is C16H18F3N5O2. The van der Waals surface area contributed by atoms with E-state index >= 15 is 0 Å². The summed E-state index contributed by atoms with van der Waals surface area (Å²) in [5.41, 5.74) is 7.30. The Hall–Kier alpha value is -2.74. The van der Waals surface area contributed by atoms with Crippen molar-refractivity contribution in [2.45, 2.75) is 43.9 Å². The molecule has 26 heavy (non-hydrogen) atoms. The SMILES string of the molecule is [N-]=[N+]=NC1CCC(NC(=O)CNC(=O)c2cccc(C(F)(F)F)c2)CC1. The zero-order valence-corrected chi connectivity index (χ0v) is 13.8. The van der Waals surface area contributed by atoms with E-state index in [1.54, 1.807) is 0 Å². The van der Waals surface area contributed by atoms with Crippen molar-refractivity contribution in [2.24, 2.45) is 5.11 Å². The zero-order valence-electron chi connectivity index (χ0n) is 13.8. The Bertz CT molecular complexity index is 708. The molecule has 0 aromatic heterocycles. The molecule has 0 aliphatic heterocycles. The van der Waals surface area contributed by atoms with E-state index in [-0.39, 0.29) is 24.2 Å². The molecule has 0 unspecified atom stereocenters. The maximum absolute atomic E-state index is 12.7. The molecular weight excluding hydrogens is 351 g/mol. The maximum Gasteiger partial charge on any atom is 0.416 e. The van der Waals surface area contributed by atoms with E-state index in [2.05, 4.69) is 20.7 Å². The molecule has 1 fully saturated rings. The molecule has 1 saturated carbocycles. The molecule has 0 saturated heterocycles. The highest BCUT2D eigenvalue weighted by Crippen LogP contribution is 2.29. The summed E-state index contributed by atoms with van der Waals surface area (Å²) in [5.74, 6) is -1.17. The highest BCUT2D eigenvalue weighted by molar-refractivity contribution is 5.96. The monoisotopic (exact) mass is 369 g/mol. The molecule has 2 amide bonds. The lowest BCUT2D eigenvalue weighted by Crippen LogP contribution is -2.43. The van der Waals surface area contributed by atoms with Gasteiger partial charge in [-0.05, 0) is 49.4 Å². The Morgan fingerprint density at radius 3 is 2.54 bits per heavy atom. The van der Waals surface area contributed by atoms with Crippen molar-refractivity contribution < 1.29 is 22.8 Å². The molecule has 0 radical (unpaired) electrons. The standard InChI is InChI=1S/C16H18F3N5O2/c17-16(18,19)11-3-1-2-10(8-11)15(26)21-9-14(25)22-12-4-6-13(7-5-12)23-24-20/h1-3,8,12-13H,4-7,9H2,(H,21,26)(H,22,25). The van der Waals surface area contributed by atoms with Gasteiger partial charge < -0.3 is 10.6 Å². The van der Waals surface area contributed by atoms with Crippen LogP contribution in [0, 0.1) is 0 Å². The van der Waals surface area contributed by atoms with Crippen LogP contribution in [0.1, 0.15) is 41.6 Å². The number of nitrogens with zero attached hydrogens (tertiary/aromatic N) is 3. The molecule has 1 aliphatic rings. The Morgan fingerprint density at radius 2 is 1.92 bits per heavy atom. The fourth-order valence-electron chi connectivity index (χ4n) is 2.79.